The number of hydrogen-bond donors (Lipinski definition) is 1. The first-order valence-corrected chi connectivity index (χ1v) is 8.18. The summed E-state index contributed by atoms with van der Waals surface area (Å²) in [6.45, 7) is 1.13. The van der Waals surface area contributed by atoms with Crippen molar-refractivity contribution < 1.29 is 14.3 Å². The maximum absolute atomic E-state index is 12.8. The van der Waals surface area contributed by atoms with E-state index in [-0.39, 0.29) is 30.7 Å². The third kappa shape index (κ3) is 2.33. The van der Waals surface area contributed by atoms with Gasteiger partial charge in [-0.05, 0) is 49.8 Å². The van der Waals surface area contributed by atoms with Crippen LogP contribution in [0.5, 0.6) is 11.5 Å². The lowest BCUT2D eigenvalue weighted by molar-refractivity contribution is -0.136. The van der Waals surface area contributed by atoms with E-state index in [1.807, 2.05) is 12.1 Å². The molecule has 2 N–H and O–H groups in total. The van der Waals surface area contributed by atoms with E-state index in [9.17, 15) is 4.79 Å². The molecule has 3 aliphatic rings. The zero-order chi connectivity index (χ0) is 15.1. The highest BCUT2D eigenvalue weighted by atomic mass is 16.7. The Morgan fingerprint density at radius 3 is 2.86 bits per heavy atom. The van der Waals surface area contributed by atoms with Crippen LogP contribution >= 0.6 is 0 Å². The predicted molar refractivity (Wildman–Crippen MR) is 81.6 cm³/mol. The van der Waals surface area contributed by atoms with E-state index in [0.29, 0.717) is 0 Å². The second-order valence-corrected chi connectivity index (χ2v) is 6.57. The van der Waals surface area contributed by atoms with Gasteiger partial charge < -0.3 is 20.1 Å². The summed E-state index contributed by atoms with van der Waals surface area (Å²) in [5.74, 6) is 1.99. The number of amides is 1. The zero-order valence-electron chi connectivity index (χ0n) is 12.7. The molecular weight excluding hydrogens is 280 g/mol. The molecule has 0 bridgehead atoms. The number of carbonyl (C=O) groups excluding carboxylic acids is 1. The van der Waals surface area contributed by atoms with Crippen LogP contribution in [0.3, 0.4) is 0 Å². The van der Waals surface area contributed by atoms with Gasteiger partial charge in [-0.15, -0.1) is 0 Å². The Kier molecular flexibility index (Phi) is 3.45. The Balaban J connectivity index is 1.54. The molecule has 118 valence electrons. The largest absolute Gasteiger partial charge is 0.454 e. The minimum atomic E-state index is 0.115. The summed E-state index contributed by atoms with van der Waals surface area (Å²) in [5.41, 5.74) is 7.12. The molecule has 1 aromatic rings. The van der Waals surface area contributed by atoms with Crippen LogP contribution in [0, 0.1) is 5.92 Å². The highest BCUT2D eigenvalue weighted by Gasteiger charge is 2.37. The number of carbonyl (C=O) groups is 1. The molecule has 3 atom stereocenters. The first-order valence-electron chi connectivity index (χ1n) is 8.18. The van der Waals surface area contributed by atoms with Gasteiger partial charge >= 0.3 is 0 Å². The van der Waals surface area contributed by atoms with Crippen LogP contribution in [0.1, 0.15) is 43.7 Å². The Morgan fingerprint density at radius 2 is 2.05 bits per heavy atom. The van der Waals surface area contributed by atoms with Crippen LogP contribution in [0.15, 0.2) is 18.2 Å². The van der Waals surface area contributed by atoms with E-state index in [1.54, 1.807) is 0 Å². The van der Waals surface area contributed by atoms with E-state index in [1.165, 1.54) is 0 Å². The summed E-state index contributed by atoms with van der Waals surface area (Å²) in [6.07, 6.45) is 4.82. The van der Waals surface area contributed by atoms with Crippen molar-refractivity contribution >= 4 is 5.91 Å². The van der Waals surface area contributed by atoms with Crippen molar-refractivity contribution in [1.29, 1.82) is 0 Å². The van der Waals surface area contributed by atoms with Crippen LogP contribution in [-0.4, -0.2) is 30.2 Å². The molecule has 0 aromatic heterocycles. The van der Waals surface area contributed by atoms with Gasteiger partial charge in [-0.25, -0.2) is 0 Å². The van der Waals surface area contributed by atoms with Gasteiger partial charge in [0.25, 0.3) is 0 Å². The Labute approximate surface area is 130 Å². The van der Waals surface area contributed by atoms with Crippen molar-refractivity contribution in [2.75, 3.05) is 13.3 Å². The molecule has 0 radical (unpaired) electrons. The molecule has 5 nitrogen and oxygen atoms in total. The molecule has 1 aromatic carbocycles. The van der Waals surface area contributed by atoms with E-state index in [2.05, 4.69) is 11.0 Å². The smallest absolute Gasteiger partial charge is 0.231 e. The van der Waals surface area contributed by atoms with E-state index < -0.39 is 0 Å². The second kappa shape index (κ2) is 5.47. The standard InChI is InChI=1S/C17H22N2O3/c18-13-5-3-12(8-13)17(20)19-7-1-2-14(19)11-4-6-15-16(9-11)22-10-21-15/h4,6,9,12-14H,1-3,5,7-8,10,18H2. The van der Waals surface area contributed by atoms with Crippen molar-refractivity contribution in [3.05, 3.63) is 23.8 Å². The Bertz CT molecular complexity index is 589. The number of fused-ring (bicyclic) bond motifs is 1. The fourth-order valence-corrected chi connectivity index (χ4v) is 3.97. The number of hydrogen-bond acceptors (Lipinski definition) is 4. The molecule has 1 aliphatic carbocycles. The van der Waals surface area contributed by atoms with E-state index >= 15 is 0 Å². The number of nitrogens with two attached hydrogens (primary N) is 1. The van der Waals surface area contributed by atoms with Crippen molar-refractivity contribution in [1.82, 2.24) is 4.90 Å². The summed E-state index contributed by atoms with van der Waals surface area (Å²) in [4.78, 5) is 14.9. The fourth-order valence-electron chi connectivity index (χ4n) is 3.97. The van der Waals surface area contributed by atoms with Gasteiger partial charge in [0, 0.05) is 18.5 Å². The molecule has 5 heteroatoms. The van der Waals surface area contributed by atoms with Gasteiger partial charge in [-0.1, -0.05) is 6.07 Å². The van der Waals surface area contributed by atoms with Crippen LogP contribution in [0.25, 0.3) is 0 Å². The van der Waals surface area contributed by atoms with Crippen molar-refractivity contribution in [2.24, 2.45) is 11.7 Å². The maximum atomic E-state index is 12.8. The molecule has 2 heterocycles. The van der Waals surface area contributed by atoms with Gasteiger partial charge in [0.2, 0.25) is 12.7 Å². The van der Waals surface area contributed by atoms with Crippen molar-refractivity contribution in [2.45, 2.75) is 44.2 Å². The average molecular weight is 302 g/mol. The van der Waals surface area contributed by atoms with Gasteiger partial charge in [0.15, 0.2) is 11.5 Å². The molecule has 2 fully saturated rings. The van der Waals surface area contributed by atoms with Crippen LogP contribution < -0.4 is 15.2 Å². The number of ether oxygens (including phenoxy) is 2. The summed E-state index contributed by atoms with van der Waals surface area (Å²) in [7, 11) is 0. The first kappa shape index (κ1) is 13.9. The highest BCUT2D eigenvalue weighted by Crippen LogP contribution is 2.40. The summed E-state index contributed by atoms with van der Waals surface area (Å²) >= 11 is 0. The average Bonchev–Trinajstić information content (AvgIpc) is 3.25. The molecule has 1 saturated heterocycles. The maximum Gasteiger partial charge on any atom is 0.231 e. The molecule has 4 rings (SSSR count). The minimum Gasteiger partial charge on any atom is -0.454 e. The lowest BCUT2D eigenvalue weighted by Crippen LogP contribution is -2.35. The second-order valence-electron chi connectivity index (χ2n) is 6.57. The van der Waals surface area contributed by atoms with Crippen molar-refractivity contribution in [3.8, 4) is 11.5 Å². The lowest BCUT2D eigenvalue weighted by Gasteiger charge is -2.28. The fraction of sp³-hybridized carbons (Fsp3) is 0.588. The number of nitrogens with zero attached hydrogens (tertiary/aromatic N) is 1. The lowest BCUT2D eigenvalue weighted by atomic mass is 10.0. The van der Waals surface area contributed by atoms with Crippen LogP contribution in [-0.2, 0) is 4.79 Å². The Morgan fingerprint density at radius 1 is 1.18 bits per heavy atom. The topological polar surface area (TPSA) is 64.8 Å². The molecule has 0 spiro atoms. The quantitative estimate of drug-likeness (QED) is 0.909. The van der Waals surface area contributed by atoms with Gasteiger partial charge in [-0.2, -0.15) is 0 Å². The monoisotopic (exact) mass is 302 g/mol. The SMILES string of the molecule is NC1CCC(C(=O)N2CCCC2c2ccc3c(c2)OCO3)C1. The molecule has 22 heavy (non-hydrogen) atoms. The van der Waals surface area contributed by atoms with Crippen LogP contribution in [0.2, 0.25) is 0 Å². The molecular formula is C17H22N2O3. The van der Waals surface area contributed by atoms with Gasteiger partial charge in [-0.3, -0.25) is 4.79 Å². The van der Waals surface area contributed by atoms with E-state index in [4.69, 9.17) is 15.2 Å². The number of rotatable bonds is 2. The number of likely N-dealkylation sites (tertiary alicyclic amines) is 1. The normalized spacial score (nSPS) is 30.0. The first-order chi connectivity index (χ1) is 10.7. The van der Waals surface area contributed by atoms with Gasteiger partial charge in [0.05, 0.1) is 6.04 Å². The molecule has 1 saturated carbocycles. The minimum absolute atomic E-state index is 0.115. The van der Waals surface area contributed by atoms with Crippen molar-refractivity contribution in [3.63, 3.8) is 0 Å². The predicted octanol–water partition coefficient (Wildman–Crippen LogP) is 2.21. The Hall–Kier alpha value is -1.75. The third-order valence-corrected chi connectivity index (χ3v) is 5.14. The van der Waals surface area contributed by atoms with Gasteiger partial charge in [0.1, 0.15) is 0 Å². The summed E-state index contributed by atoms with van der Waals surface area (Å²) in [6, 6.07) is 6.40. The number of benzene rings is 1. The summed E-state index contributed by atoms with van der Waals surface area (Å²) in [5, 5.41) is 0. The molecule has 2 aliphatic heterocycles. The zero-order valence-corrected chi connectivity index (χ0v) is 12.7. The van der Waals surface area contributed by atoms with E-state index in [0.717, 1.165) is 55.7 Å². The third-order valence-electron chi connectivity index (χ3n) is 5.14. The van der Waals surface area contributed by atoms with Crippen LogP contribution in [0.4, 0.5) is 0 Å². The highest BCUT2D eigenvalue weighted by molar-refractivity contribution is 5.80. The summed E-state index contributed by atoms with van der Waals surface area (Å²) < 4.78 is 10.8. The molecule has 1 amide bonds. The molecule has 3 unspecified atom stereocenters.